The average molecular weight is 601 g/mol. The summed E-state index contributed by atoms with van der Waals surface area (Å²) in [5, 5.41) is 2.26. The molecule has 9 heteroatoms. The first-order valence-electron chi connectivity index (χ1n) is 14.1. The zero-order chi connectivity index (χ0) is 30.1. The molecule has 5 rings (SSSR count). The van der Waals surface area contributed by atoms with Gasteiger partial charge in [-0.3, -0.25) is 9.80 Å². The Hall–Kier alpha value is -3.72. The van der Waals surface area contributed by atoms with Crippen LogP contribution in [0.1, 0.15) is 46.2 Å². The Balaban J connectivity index is 1.56. The van der Waals surface area contributed by atoms with Gasteiger partial charge in [0.1, 0.15) is 11.6 Å². The lowest BCUT2D eigenvalue weighted by molar-refractivity contribution is 0.235. The first-order valence-corrected chi connectivity index (χ1v) is 16.4. The van der Waals surface area contributed by atoms with Crippen molar-refractivity contribution in [3.05, 3.63) is 102 Å². The molecule has 42 heavy (non-hydrogen) atoms. The summed E-state index contributed by atoms with van der Waals surface area (Å²) in [6.07, 6.45) is 1.71. The van der Waals surface area contributed by atoms with Crippen LogP contribution in [0, 0.1) is 0 Å². The molecular formula is C33H37ClN4O3Si. The fraction of sp³-hybridized carbons (Fsp3) is 0.303. The summed E-state index contributed by atoms with van der Waals surface area (Å²) in [6.45, 7) is 11.0. The second-order valence-corrected chi connectivity index (χ2v) is 16.3. The fourth-order valence-corrected chi connectivity index (χ4v) is 10.7. The maximum atomic E-state index is 14.3. The Morgan fingerprint density at radius 1 is 0.952 bits per heavy atom. The summed E-state index contributed by atoms with van der Waals surface area (Å²) in [4.78, 5) is 26.6. The Bertz CT molecular complexity index is 1490. The van der Waals surface area contributed by atoms with Crippen LogP contribution in [0.5, 0.6) is 5.75 Å². The molecule has 2 amide bonds. The topological polar surface area (TPSA) is 67.8 Å². The monoisotopic (exact) mass is 600 g/mol. The van der Waals surface area contributed by atoms with Crippen molar-refractivity contribution < 1.29 is 14.0 Å². The lowest BCUT2D eigenvalue weighted by Crippen LogP contribution is -2.67. The number of methoxy groups -OCH3 is 1. The number of nitrogens with zero attached hydrogens (tertiary/aromatic N) is 4. The summed E-state index contributed by atoms with van der Waals surface area (Å²) >= 11 is 6.29. The van der Waals surface area contributed by atoms with Crippen molar-refractivity contribution in [2.24, 2.45) is 0 Å². The molecule has 0 aliphatic carbocycles. The Labute approximate surface area is 254 Å². The highest BCUT2D eigenvalue weighted by atomic mass is 35.5. The highest BCUT2D eigenvalue weighted by Gasteiger charge is 2.51. The van der Waals surface area contributed by atoms with E-state index in [-0.39, 0.29) is 28.4 Å². The number of hydrogen-bond donors (Lipinski definition) is 0. The third kappa shape index (κ3) is 5.30. The molecule has 0 spiro atoms. The van der Waals surface area contributed by atoms with Gasteiger partial charge in [0.2, 0.25) is 5.28 Å². The Kier molecular flexibility index (Phi) is 8.41. The van der Waals surface area contributed by atoms with Crippen LogP contribution < -0.4 is 24.9 Å². The smallest absolute Gasteiger partial charge is 0.331 e. The quantitative estimate of drug-likeness (QED) is 0.168. The third-order valence-electron chi connectivity index (χ3n) is 7.99. The summed E-state index contributed by atoms with van der Waals surface area (Å²) in [5.41, 5.74) is 1.56. The molecule has 0 unspecified atom stereocenters. The standard InChI is InChI=1S/C33H37ClN4O3Si/c1-23(22-41-42(33(3,4)5,27-13-9-7-10-14-27)28-15-11-8-12-16-28)37-30-29(21-35-31(34)36-30)24(2)38(32(37)39)25-17-19-26(40-6)20-18-25/h7-21,23-24H,22H2,1-6H3/t23-,24-/m1/s1. The van der Waals surface area contributed by atoms with Crippen LogP contribution in [0.2, 0.25) is 10.3 Å². The Morgan fingerprint density at radius 2 is 1.52 bits per heavy atom. The first kappa shape index (κ1) is 29.8. The number of fused-ring (bicyclic) bond motifs is 1. The molecule has 0 N–H and O–H groups in total. The minimum atomic E-state index is -2.83. The van der Waals surface area contributed by atoms with E-state index in [1.165, 1.54) is 10.4 Å². The summed E-state index contributed by atoms with van der Waals surface area (Å²) in [6, 6.07) is 27.6. The van der Waals surface area contributed by atoms with E-state index in [2.05, 4.69) is 79.3 Å². The SMILES string of the molecule is COc1ccc(N2C(=O)N([C@H](C)CO[Si](c3ccccc3)(c3ccccc3)C(C)(C)C)c3nc(Cl)ncc3[C@H]2C)cc1. The Morgan fingerprint density at radius 3 is 2.05 bits per heavy atom. The number of amides is 2. The highest BCUT2D eigenvalue weighted by Crippen LogP contribution is 2.41. The van der Waals surface area contributed by atoms with Crippen LogP contribution in [0.4, 0.5) is 16.3 Å². The molecule has 0 fully saturated rings. The van der Waals surface area contributed by atoms with Gasteiger partial charge in [-0.1, -0.05) is 81.4 Å². The van der Waals surface area contributed by atoms with Crippen molar-refractivity contribution in [1.82, 2.24) is 9.97 Å². The molecule has 218 valence electrons. The van der Waals surface area contributed by atoms with Crippen LogP contribution in [0.3, 0.4) is 0 Å². The van der Waals surface area contributed by atoms with Crippen molar-refractivity contribution in [2.45, 2.75) is 51.7 Å². The van der Waals surface area contributed by atoms with E-state index in [4.69, 9.17) is 20.8 Å². The number of ether oxygens (including phenoxy) is 1. The predicted molar refractivity (Wildman–Crippen MR) is 172 cm³/mol. The number of aromatic nitrogens is 2. The van der Waals surface area contributed by atoms with Crippen LogP contribution in [-0.4, -0.2) is 44.1 Å². The van der Waals surface area contributed by atoms with Crippen molar-refractivity contribution >= 4 is 47.8 Å². The van der Waals surface area contributed by atoms with Crippen LogP contribution in [0.15, 0.2) is 91.1 Å². The van der Waals surface area contributed by atoms with E-state index in [1.54, 1.807) is 23.1 Å². The molecule has 0 radical (unpaired) electrons. The first-order chi connectivity index (χ1) is 20.1. The highest BCUT2D eigenvalue weighted by molar-refractivity contribution is 6.99. The van der Waals surface area contributed by atoms with Gasteiger partial charge in [-0.2, -0.15) is 4.98 Å². The van der Waals surface area contributed by atoms with Gasteiger partial charge < -0.3 is 9.16 Å². The van der Waals surface area contributed by atoms with Gasteiger partial charge in [-0.15, -0.1) is 0 Å². The zero-order valence-corrected chi connectivity index (χ0v) is 26.7. The van der Waals surface area contributed by atoms with Gasteiger partial charge in [0.15, 0.2) is 0 Å². The molecule has 1 aliphatic rings. The van der Waals surface area contributed by atoms with Gasteiger partial charge >= 0.3 is 6.03 Å². The summed E-state index contributed by atoms with van der Waals surface area (Å²) < 4.78 is 12.5. The fourth-order valence-electron chi connectivity index (χ4n) is 5.92. The lowest BCUT2D eigenvalue weighted by atomic mass is 10.0. The number of halogens is 1. The normalized spacial score (nSPS) is 16.3. The lowest BCUT2D eigenvalue weighted by Gasteiger charge is -2.46. The molecule has 4 aromatic rings. The molecule has 2 atom stereocenters. The minimum absolute atomic E-state index is 0.0942. The van der Waals surface area contributed by atoms with E-state index >= 15 is 0 Å². The van der Waals surface area contributed by atoms with E-state index < -0.39 is 8.32 Å². The third-order valence-corrected chi connectivity index (χ3v) is 13.2. The van der Waals surface area contributed by atoms with Gasteiger partial charge in [0.25, 0.3) is 8.32 Å². The van der Waals surface area contributed by atoms with Crippen molar-refractivity contribution in [3.8, 4) is 5.75 Å². The number of anilines is 2. The average Bonchev–Trinajstić information content (AvgIpc) is 2.98. The van der Waals surface area contributed by atoms with E-state index in [0.717, 1.165) is 17.0 Å². The molecule has 1 aromatic heterocycles. The summed E-state index contributed by atoms with van der Waals surface area (Å²) in [5.74, 6) is 1.23. The number of carbonyl (C=O) groups is 1. The maximum absolute atomic E-state index is 14.3. The van der Waals surface area contributed by atoms with Crippen molar-refractivity contribution in [1.29, 1.82) is 0 Å². The number of carbonyl (C=O) groups excluding carboxylic acids is 1. The number of rotatable bonds is 8. The zero-order valence-electron chi connectivity index (χ0n) is 24.9. The molecule has 0 saturated carbocycles. The largest absolute Gasteiger partial charge is 0.497 e. The van der Waals surface area contributed by atoms with Crippen LogP contribution >= 0.6 is 11.6 Å². The predicted octanol–water partition coefficient (Wildman–Crippen LogP) is 6.61. The van der Waals surface area contributed by atoms with Gasteiger partial charge in [-0.25, -0.2) is 9.78 Å². The van der Waals surface area contributed by atoms with Gasteiger partial charge in [0, 0.05) is 17.4 Å². The van der Waals surface area contributed by atoms with E-state index in [0.29, 0.717) is 12.4 Å². The number of benzene rings is 3. The molecular weight excluding hydrogens is 564 g/mol. The second kappa shape index (κ2) is 11.9. The van der Waals surface area contributed by atoms with Crippen molar-refractivity contribution in [3.63, 3.8) is 0 Å². The maximum Gasteiger partial charge on any atom is 0.331 e. The van der Waals surface area contributed by atoms with Gasteiger partial charge in [-0.05, 0) is 65.1 Å². The second-order valence-electron chi connectivity index (χ2n) is 11.6. The molecule has 3 aromatic carbocycles. The van der Waals surface area contributed by atoms with Crippen molar-refractivity contribution in [2.75, 3.05) is 23.5 Å². The van der Waals surface area contributed by atoms with Gasteiger partial charge in [0.05, 0.1) is 25.8 Å². The molecule has 2 heterocycles. The van der Waals surface area contributed by atoms with E-state index in [9.17, 15) is 4.79 Å². The van der Waals surface area contributed by atoms with Crippen LogP contribution in [0.25, 0.3) is 0 Å². The summed E-state index contributed by atoms with van der Waals surface area (Å²) in [7, 11) is -1.21. The van der Waals surface area contributed by atoms with Crippen LogP contribution in [-0.2, 0) is 4.43 Å². The van der Waals surface area contributed by atoms with E-state index in [1.807, 2.05) is 50.2 Å². The molecule has 0 saturated heterocycles. The number of urea groups is 1. The molecule has 7 nitrogen and oxygen atoms in total. The molecule has 0 bridgehead atoms. The molecule has 1 aliphatic heterocycles. The number of hydrogen-bond acceptors (Lipinski definition) is 5. The minimum Gasteiger partial charge on any atom is -0.497 e.